The van der Waals surface area contributed by atoms with Crippen LogP contribution in [0.3, 0.4) is 0 Å². The Morgan fingerprint density at radius 3 is 2.39 bits per heavy atom. The van der Waals surface area contributed by atoms with Crippen LogP contribution in [0.4, 0.5) is 5.69 Å². The number of Topliss-reactive ketones (excluding diaryl/α,β-unsaturated/α-hetero) is 1. The van der Waals surface area contributed by atoms with E-state index >= 15 is 0 Å². The third-order valence-corrected chi connectivity index (χ3v) is 4.42. The summed E-state index contributed by atoms with van der Waals surface area (Å²) in [6, 6.07) is 6.64. The van der Waals surface area contributed by atoms with Gasteiger partial charge in [-0.25, -0.2) is 0 Å². The summed E-state index contributed by atoms with van der Waals surface area (Å²) in [4.78, 5) is 37.3. The SMILES string of the molecule is CC(=O)c1ccccc1NC(=O)[C@@H](C)N1CCC(C(N)=O)CC1. The molecule has 1 aliphatic heterocycles. The minimum atomic E-state index is -0.330. The summed E-state index contributed by atoms with van der Waals surface area (Å²) in [5.74, 6) is -0.607. The third-order valence-electron chi connectivity index (χ3n) is 4.42. The highest BCUT2D eigenvalue weighted by molar-refractivity contribution is 6.04. The van der Waals surface area contributed by atoms with E-state index in [1.807, 2.05) is 11.8 Å². The van der Waals surface area contributed by atoms with Gasteiger partial charge in [0.15, 0.2) is 5.78 Å². The number of benzene rings is 1. The molecule has 2 rings (SSSR count). The number of ketones is 1. The van der Waals surface area contributed by atoms with Crippen LogP contribution < -0.4 is 11.1 Å². The van der Waals surface area contributed by atoms with Crippen molar-refractivity contribution >= 4 is 23.3 Å². The number of nitrogens with zero attached hydrogens (tertiary/aromatic N) is 1. The van der Waals surface area contributed by atoms with E-state index in [2.05, 4.69) is 5.32 Å². The highest BCUT2D eigenvalue weighted by Crippen LogP contribution is 2.20. The first-order valence-electron chi connectivity index (χ1n) is 7.84. The van der Waals surface area contributed by atoms with Crippen LogP contribution in [-0.4, -0.2) is 41.6 Å². The molecule has 1 atom stereocenters. The zero-order valence-electron chi connectivity index (χ0n) is 13.5. The molecule has 0 bridgehead atoms. The second-order valence-corrected chi connectivity index (χ2v) is 5.98. The Kier molecular flexibility index (Phi) is 5.50. The van der Waals surface area contributed by atoms with E-state index in [0.717, 1.165) is 0 Å². The topological polar surface area (TPSA) is 92.5 Å². The van der Waals surface area contributed by atoms with Gasteiger partial charge < -0.3 is 11.1 Å². The van der Waals surface area contributed by atoms with Crippen molar-refractivity contribution in [3.63, 3.8) is 0 Å². The summed E-state index contributed by atoms with van der Waals surface area (Å²) in [5, 5.41) is 2.83. The quantitative estimate of drug-likeness (QED) is 0.803. The van der Waals surface area contributed by atoms with Gasteiger partial charge in [-0.2, -0.15) is 0 Å². The molecule has 0 aromatic heterocycles. The van der Waals surface area contributed by atoms with Crippen molar-refractivity contribution in [3.8, 4) is 0 Å². The predicted octanol–water partition coefficient (Wildman–Crippen LogP) is 1.41. The summed E-state index contributed by atoms with van der Waals surface area (Å²) in [5.41, 5.74) is 6.36. The number of anilines is 1. The molecule has 1 fully saturated rings. The van der Waals surface area contributed by atoms with Crippen molar-refractivity contribution in [1.82, 2.24) is 4.90 Å². The lowest BCUT2D eigenvalue weighted by atomic mass is 9.95. The smallest absolute Gasteiger partial charge is 0.241 e. The molecule has 124 valence electrons. The summed E-state index contributed by atoms with van der Waals surface area (Å²) in [7, 11) is 0. The lowest BCUT2D eigenvalue weighted by Crippen LogP contribution is -2.47. The highest BCUT2D eigenvalue weighted by atomic mass is 16.2. The zero-order valence-corrected chi connectivity index (χ0v) is 13.5. The molecule has 6 heteroatoms. The highest BCUT2D eigenvalue weighted by Gasteiger charge is 2.29. The molecule has 0 spiro atoms. The summed E-state index contributed by atoms with van der Waals surface area (Å²) < 4.78 is 0. The Morgan fingerprint density at radius 2 is 1.83 bits per heavy atom. The van der Waals surface area contributed by atoms with Crippen LogP contribution in [0.1, 0.15) is 37.0 Å². The molecular weight excluding hydrogens is 294 g/mol. The second kappa shape index (κ2) is 7.37. The number of amides is 2. The molecule has 0 saturated carbocycles. The van der Waals surface area contributed by atoms with Gasteiger partial charge in [0.2, 0.25) is 11.8 Å². The van der Waals surface area contributed by atoms with Crippen LogP contribution >= 0.6 is 0 Å². The van der Waals surface area contributed by atoms with E-state index in [-0.39, 0.29) is 29.6 Å². The molecule has 23 heavy (non-hydrogen) atoms. The van der Waals surface area contributed by atoms with Gasteiger partial charge in [0.05, 0.1) is 11.7 Å². The number of para-hydroxylation sites is 1. The van der Waals surface area contributed by atoms with Crippen molar-refractivity contribution < 1.29 is 14.4 Å². The monoisotopic (exact) mass is 317 g/mol. The van der Waals surface area contributed by atoms with Gasteiger partial charge in [0.25, 0.3) is 0 Å². The van der Waals surface area contributed by atoms with E-state index in [0.29, 0.717) is 37.2 Å². The normalized spacial score (nSPS) is 17.5. The maximum Gasteiger partial charge on any atom is 0.241 e. The van der Waals surface area contributed by atoms with Crippen molar-refractivity contribution in [1.29, 1.82) is 0 Å². The standard InChI is InChI=1S/C17H23N3O3/c1-11(20-9-7-13(8-10-20)16(18)22)17(23)19-15-6-4-3-5-14(15)12(2)21/h3-6,11,13H,7-10H2,1-2H3,(H2,18,22)(H,19,23)/t11-/m1/s1. The third kappa shape index (κ3) is 4.16. The Balaban J connectivity index is 1.99. The molecular formula is C17H23N3O3. The lowest BCUT2D eigenvalue weighted by Gasteiger charge is -2.34. The fraction of sp³-hybridized carbons (Fsp3) is 0.471. The van der Waals surface area contributed by atoms with Gasteiger partial charge in [0, 0.05) is 11.5 Å². The lowest BCUT2D eigenvalue weighted by molar-refractivity contribution is -0.124. The van der Waals surface area contributed by atoms with Gasteiger partial charge in [0.1, 0.15) is 0 Å². The number of primary amides is 1. The minimum absolute atomic E-state index is 0.0872. The molecule has 0 aliphatic carbocycles. The van der Waals surface area contributed by atoms with Gasteiger partial charge in [-0.15, -0.1) is 0 Å². The molecule has 1 saturated heterocycles. The van der Waals surface area contributed by atoms with E-state index in [9.17, 15) is 14.4 Å². The van der Waals surface area contributed by atoms with Crippen LogP contribution in [0, 0.1) is 5.92 Å². The molecule has 1 heterocycles. The first-order valence-corrected chi connectivity index (χ1v) is 7.84. The van der Waals surface area contributed by atoms with E-state index in [4.69, 9.17) is 5.73 Å². The van der Waals surface area contributed by atoms with Crippen molar-refractivity contribution in [2.45, 2.75) is 32.7 Å². The number of piperidine rings is 1. The van der Waals surface area contributed by atoms with Gasteiger partial charge in [-0.1, -0.05) is 12.1 Å². The van der Waals surface area contributed by atoms with Gasteiger partial charge in [-0.05, 0) is 51.9 Å². The number of hydrogen-bond donors (Lipinski definition) is 2. The number of carbonyl (C=O) groups is 3. The van der Waals surface area contributed by atoms with E-state index < -0.39 is 0 Å². The zero-order chi connectivity index (χ0) is 17.0. The maximum atomic E-state index is 12.4. The number of carbonyl (C=O) groups excluding carboxylic acids is 3. The second-order valence-electron chi connectivity index (χ2n) is 5.98. The number of nitrogens with one attached hydrogen (secondary N) is 1. The molecule has 2 amide bonds. The van der Waals surface area contributed by atoms with Crippen molar-refractivity contribution in [2.75, 3.05) is 18.4 Å². The first kappa shape index (κ1) is 17.1. The minimum Gasteiger partial charge on any atom is -0.369 e. The van der Waals surface area contributed by atoms with Gasteiger partial charge >= 0.3 is 0 Å². The van der Waals surface area contributed by atoms with Crippen LogP contribution in [0.2, 0.25) is 0 Å². The Labute approximate surface area is 136 Å². The van der Waals surface area contributed by atoms with Gasteiger partial charge in [-0.3, -0.25) is 19.3 Å². The molecule has 1 aliphatic rings. The molecule has 1 aromatic rings. The average molecular weight is 317 g/mol. The summed E-state index contributed by atoms with van der Waals surface area (Å²) in [6.45, 7) is 4.63. The van der Waals surface area contributed by atoms with Crippen LogP contribution in [-0.2, 0) is 9.59 Å². The number of nitrogens with two attached hydrogens (primary N) is 1. The number of hydrogen-bond acceptors (Lipinski definition) is 4. The Morgan fingerprint density at radius 1 is 1.22 bits per heavy atom. The fourth-order valence-electron chi connectivity index (χ4n) is 2.87. The molecule has 0 unspecified atom stereocenters. The molecule has 3 N–H and O–H groups in total. The summed E-state index contributed by atoms with van der Waals surface area (Å²) >= 11 is 0. The van der Waals surface area contributed by atoms with Crippen molar-refractivity contribution in [2.24, 2.45) is 11.7 Å². The van der Waals surface area contributed by atoms with Crippen molar-refractivity contribution in [3.05, 3.63) is 29.8 Å². The molecule has 6 nitrogen and oxygen atoms in total. The van der Waals surface area contributed by atoms with Crippen LogP contribution in [0.15, 0.2) is 24.3 Å². The first-order chi connectivity index (χ1) is 10.9. The Hall–Kier alpha value is -2.21. The number of likely N-dealkylation sites (tertiary alicyclic amines) is 1. The van der Waals surface area contributed by atoms with Crippen LogP contribution in [0.5, 0.6) is 0 Å². The predicted molar refractivity (Wildman–Crippen MR) is 88.0 cm³/mol. The number of rotatable bonds is 5. The molecule has 0 radical (unpaired) electrons. The summed E-state index contributed by atoms with van der Waals surface area (Å²) in [6.07, 6.45) is 1.36. The largest absolute Gasteiger partial charge is 0.369 e. The van der Waals surface area contributed by atoms with E-state index in [1.165, 1.54) is 6.92 Å². The van der Waals surface area contributed by atoms with E-state index in [1.54, 1.807) is 24.3 Å². The Bertz CT molecular complexity index is 607. The average Bonchev–Trinajstić information content (AvgIpc) is 2.54. The maximum absolute atomic E-state index is 12.4. The van der Waals surface area contributed by atoms with Crippen LogP contribution in [0.25, 0.3) is 0 Å². The molecule has 1 aromatic carbocycles. The fourth-order valence-corrected chi connectivity index (χ4v) is 2.87.